The molecule has 1 saturated heterocycles. The Hall–Kier alpha value is -2.91. The number of nitrogens with one attached hydrogen (secondary N) is 1. The van der Waals surface area contributed by atoms with E-state index >= 15 is 0 Å². The molecule has 9 heteroatoms. The summed E-state index contributed by atoms with van der Waals surface area (Å²) in [5.41, 5.74) is 3.83. The van der Waals surface area contributed by atoms with E-state index in [1.165, 1.54) is 10.2 Å². The molecule has 0 unspecified atom stereocenters. The van der Waals surface area contributed by atoms with E-state index in [2.05, 4.69) is 21.8 Å². The van der Waals surface area contributed by atoms with E-state index in [0.29, 0.717) is 24.6 Å². The number of anilines is 1. The Balaban J connectivity index is 1.82. The van der Waals surface area contributed by atoms with E-state index in [1.807, 2.05) is 24.4 Å². The molecule has 1 aliphatic rings. The van der Waals surface area contributed by atoms with Gasteiger partial charge in [-0.15, -0.1) is 0 Å². The first kappa shape index (κ1) is 18.1. The summed E-state index contributed by atoms with van der Waals surface area (Å²) in [4.78, 5) is 14.5. The van der Waals surface area contributed by atoms with Crippen molar-refractivity contribution < 1.29 is 13.2 Å². The normalized spacial score (nSPS) is 18.0. The Morgan fingerprint density at radius 3 is 2.90 bits per heavy atom. The molecule has 5 rings (SSSR count). The second-order valence-corrected chi connectivity index (χ2v) is 9.24. The Morgan fingerprint density at radius 1 is 1.24 bits per heavy atom. The van der Waals surface area contributed by atoms with Crippen molar-refractivity contribution >= 4 is 37.6 Å². The molecule has 1 fully saturated rings. The van der Waals surface area contributed by atoms with Crippen molar-refractivity contribution in [3.63, 3.8) is 0 Å². The van der Waals surface area contributed by atoms with Crippen molar-refractivity contribution in [2.24, 2.45) is 0 Å². The maximum Gasteiger partial charge on any atom is 0.237 e. The predicted molar refractivity (Wildman–Crippen MR) is 113 cm³/mol. The molecule has 29 heavy (non-hydrogen) atoms. The van der Waals surface area contributed by atoms with Crippen LogP contribution in [0.3, 0.4) is 0 Å². The van der Waals surface area contributed by atoms with Crippen LogP contribution in [-0.4, -0.2) is 59.4 Å². The number of rotatable bonds is 3. The molecule has 1 aliphatic heterocycles. The molecule has 1 N–H and O–H groups in total. The lowest BCUT2D eigenvalue weighted by Gasteiger charge is -2.35. The third-order valence-corrected chi connectivity index (χ3v) is 6.40. The molecule has 5 heterocycles. The zero-order valence-electron chi connectivity index (χ0n) is 16.2. The van der Waals surface area contributed by atoms with Gasteiger partial charge in [-0.05, 0) is 25.1 Å². The molecular formula is C20H21N5O3S. The molecule has 8 nitrogen and oxygen atoms in total. The van der Waals surface area contributed by atoms with Gasteiger partial charge >= 0.3 is 0 Å². The second kappa shape index (κ2) is 6.57. The number of pyridine rings is 2. The van der Waals surface area contributed by atoms with Gasteiger partial charge in [-0.2, -0.15) is 0 Å². The van der Waals surface area contributed by atoms with Crippen LogP contribution in [0, 0.1) is 0 Å². The fourth-order valence-electron chi connectivity index (χ4n) is 3.98. The standard InChI is InChI=1S/C20H21N5O3S/c1-13-12-28-8-7-24(13)19-9-17(16-10-21-11-18-14(16)3-5-22-18)23-20-15(19)4-6-25(20)29(2,26)27/h3-6,9-11,13,22H,7-8,12H2,1-2H3/t13-/m1/s1. The van der Waals surface area contributed by atoms with Crippen LogP contribution in [0.5, 0.6) is 0 Å². The van der Waals surface area contributed by atoms with E-state index in [-0.39, 0.29) is 6.04 Å². The minimum Gasteiger partial charge on any atom is -0.377 e. The van der Waals surface area contributed by atoms with Crippen molar-refractivity contribution in [3.05, 3.63) is 43.0 Å². The van der Waals surface area contributed by atoms with Crippen LogP contribution in [0.15, 0.2) is 43.0 Å². The lowest BCUT2D eigenvalue weighted by Crippen LogP contribution is -2.43. The SMILES string of the molecule is C[C@@H]1COCCN1c1cc(-c2cncc3[nH]ccc23)nc2c1ccn2S(C)(=O)=O. The largest absolute Gasteiger partial charge is 0.377 e. The fraction of sp³-hybridized carbons (Fsp3) is 0.300. The molecule has 0 saturated carbocycles. The zero-order valence-corrected chi connectivity index (χ0v) is 17.0. The van der Waals surface area contributed by atoms with E-state index in [4.69, 9.17) is 9.72 Å². The quantitative estimate of drug-likeness (QED) is 0.557. The van der Waals surface area contributed by atoms with Crippen molar-refractivity contribution in [1.82, 2.24) is 18.9 Å². The number of aromatic amines is 1. The Morgan fingerprint density at radius 2 is 2.10 bits per heavy atom. The predicted octanol–water partition coefficient (Wildman–Crippen LogP) is 2.61. The van der Waals surface area contributed by atoms with Crippen LogP contribution in [0.4, 0.5) is 5.69 Å². The molecule has 0 radical (unpaired) electrons. The van der Waals surface area contributed by atoms with Crippen LogP contribution in [0.2, 0.25) is 0 Å². The topological polar surface area (TPSA) is 93.1 Å². The molecule has 150 valence electrons. The third kappa shape index (κ3) is 2.97. The summed E-state index contributed by atoms with van der Waals surface area (Å²) in [5, 5.41) is 1.80. The maximum absolute atomic E-state index is 12.4. The number of nitrogens with zero attached hydrogens (tertiary/aromatic N) is 4. The highest BCUT2D eigenvalue weighted by atomic mass is 32.2. The number of ether oxygens (including phenoxy) is 1. The van der Waals surface area contributed by atoms with Crippen LogP contribution in [0.25, 0.3) is 33.2 Å². The first-order chi connectivity index (χ1) is 13.9. The molecule has 1 atom stereocenters. The van der Waals surface area contributed by atoms with Crippen molar-refractivity contribution in [2.75, 3.05) is 30.9 Å². The summed E-state index contributed by atoms with van der Waals surface area (Å²) in [6.07, 6.45) is 8.15. The van der Waals surface area contributed by atoms with Crippen molar-refractivity contribution in [1.29, 1.82) is 0 Å². The van der Waals surface area contributed by atoms with Gasteiger partial charge in [-0.1, -0.05) is 0 Å². The molecule has 0 spiro atoms. The lowest BCUT2D eigenvalue weighted by molar-refractivity contribution is 0.0991. The summed E-state index contributed by atoms with van der Waals surface area (Å²) in [6, 6.07) is 6.00. The Labute approximate surface area is 168 Å². The maximum atomic E-state index is 12.4. The number of hydrogen-bond acceptors (Lipinski definition) is 6. The summed E-state index contributed by atoms with van der Waals surface area (Å²) in [6.45, 7) is 4.09. The lowest BCUT2D eigenvalue weighted by atomic mass is 10.1. The molecule has 0 bridgehead atoms. The summed E-state index contributed by atoms with van der Waals surface area (Å²) in [5.74, 6) is 0. The molecule has 4 aromatic rings. The smallest absolute Gasteiger partial charge is 0.237 e. The second-order valence-electron chi connectivity index (χ2n) is 7.38. The average molecular weight is 411 g/mol. The zero-order chi connectivity index (χ0) is 20.2. The molecule has 0 aromatic carbocycles. The van der Waals surface area contributed by atoms with Gasteiger partial charge in [0.15, 0.2) is 5.65 Å². The van der Waals surface area contributed by atoms with Gasteiger partial charge in [-0.25, -0.2) is 17.4 Å². The monoisotopic (exact) mass is 411 g/mol. The summed E-state index contributed by atoms with van der Waals surface area (Å²) >= 11 is 0. The van der Waals surface area contributed by atoms with Gasteiger partial charge in [0.2, 0.25) is 10.0 Å². The number of H-pyrrole nitrogens is 1. The average Bonchev–Trinajstić information content (AvgIpc) is 3.34. The fourth-order valence-corrected chi connectivity index (χ4v) is 4.72. The minimum atomic E-state index is -3.49. The van der Waals surface area contributed by atoms with Crippen LogP contribution in [-0.2, 0) is 14.8 Å². The van der Waals surface area contributed by atoms with Crippen molar-refractivity contribution in [3.8, 4) is 11.3 Å². The summed E-state index contributed by atoms with van der Waals surface area (Å²) < 4.78 is 31.5. The van der Waals surface area contributed by atoms with E-state index < -0.39 is 10.0 Å². The van der Waals surface area contributed by atoms with Crippen molar-refractivity contribution in [2.45, 2.75) is 13.0 Å². The highest BCUT2D eigenvalue weighted by molar-refractivity contribution is 7.89. The van der Waals surface area contributed by atoms with Gasteiger partial charge < -0.3 is 14.6 Å². The molecule has 4 aromatic heterocycles. The number of hydrogen-bond donors (Lipinski definition) is 1. The number of morpholine rings is 1. The molecule has 0 aliphatic carbocycles. The third-order valence-electron chi connectivity index (χ3n) is 5.39. The number of fused-ring (bicyclic) bond motifs is 2. The molecular weight excluding hydrogens is 390 g/mol. The Bertz CT molecular complexity index is 1320. The number of aromatic nitrogens is 4. The van der Waals surface area contributed by atoms with E-state index in [0.717, 1.165) is 34.1 Å². The Kier molecular flexibility index (Phi) is 4.11. The van der Waals surface area contributed by atoms with E-state index in [9.17, 15) is 8.42 Å². The first-order valence-electron chi connectivity index (χ1n) is 9.42. The summed E-state index contributed by atoms with van der Waals surface area (Å²) in [7, 11) is -3.49. The van der Waals surface area contributed by atoms with Gasteiger partial charge in [-0.3, -0.25) is 4.98 Å². The van der Waals surface area contributed by atoms with Crippen LogP contribution < -0.4 is 4.90 Å². The first-order valence-corrected chi connectivity index (χ1v) is 11.3. The van der Waals surface area contributed by atoms with Crippen LogP contribution in [0.1, 0.15) is 6.92 Å². The highest BCUT2D eigenvalue weighted by Crippen LogP contribution is 2.35. The van der Waals surface area contributed by atoms with Crippen LogP contribution >= 0.6 is 0 Å². The van der Waals surface area contributed by atoms with Gasteiger partial charge in [0.05, 0.1) is 42.6 Å². The highest BCUT2D eigenvalue weighted by Gasteiger charge is 2.25. The van der Waals surface area contributed by atoms with Gasteiger partial charge in [0.25, 0.3) is 0 Å². The minimum absolute atomic E-state index is 0.171. The van der Waals surface area contributed by atoms with Gasteiger partial charge in [0, 0.05) is 47.5 Å². The molecule has 0 amide bonds. The van der Waals surface area contributed by atoms with Gasteiger partial charge in [0.1, 0.15) is 0 Å². The van der Waals surface area contributed by atoms with E-state index in [1.54, 1.807) is 18.6 Å².